The highest BCUT2D eigenvalue weighted by molar-refractivity contribution is 5.90. The van der Waals surface area contributed by atoms with Gasteiger partial charge in [-0.3, -0.25) is 0 Å². The van der Waals surface area contributed by atoms with Gasteiger partial charge >= 0.3 is 5.97 Å². The number of rotatable bonds is 26. The minimum atomic E-state index is -0.733. The van der Waals surface area contributed by atoms with E-state index in [1.807, 2.05) is 0 Å². The van der Waals surface area contributed by atoms with Crippen molar-refractivity contribution in [3.05, 3.63) is 11.6 Å². The highest BCUT2D eigenvalue weighted by Gasteiger charge is 2.35. The predicted molar refractivity (Wildman–Crippen MR) is 170 cm³/mol. The molecule has 0 aliphatic carbocycles. The van der Waals surface area contributed by atoms with Crippen LogP contribution in [-0.2, 0) is 14.3 Å². The first-order chi connectivity index (χ1) is 20.7. The van der Waals surface area contributed by atoms with Crippen LogP contribution in [0.5, 0.6) is 0 Å². The van der Waals surface area contributed by atoms with E-state index in [0.717, 1.165) is 44.9 Å². The van der Waals surface area contributed by atoms with Crippen LogP contribution in [-0.4, -0.2) is 80.3 Å². The molecule has 2 aliphatic heterocycles. The van der Waals surface area contributed by atoms with Gasteiger partial charge < -0.3 is 35.0 Å². The zero-order valence-corrected chi connectivity index (χ0v) is 27.2. The SMILES string of the molecule is CCCCCCCCCCCC[C@H](O)[C@@H]1CC[C@@H]([C@@H](O)C[C@@H](O)CCCCC[C@@H](O)CC[C@H](O)CC2=C[C@H](C)OC2=O)O1. The van der Waals surface area contributed by atoms with Crippen LogP contribution in [0.25, 0.3) is 0 Å². The quantitative estimate of drug-likeness (QED) is 0.0590. The summed E-state index contributed by atoms with van der Waals surface area (Å²) in [4.78, 5) is 11.7. The van der Waals surface area contributed by atoms with Crippen molar-refractivity contribution in [2.45, 2.75) is 204 Å². The van der Waals surface area contributed by atoms with Crippen LogP contribution in [0.3, 0.4) is 0 Å². The Hall–Kier alpha value is -1.03. The molecule has 8 nitrogen and oxygen atoms in total. The highest BCUT2D eigenvalue weighted by atomic mass is 16.5. The molecule has 2 rings (SSSR count). The second-order valence-electron chi connectivity index (χ2n) is 13.3. The molecule has 0 radical (unpaired) electrons. The van der Waals surface area contributed by atoms with Gasteiger partial charge in [-0.2, -0.15) is 0 Å². The number of ether oxygens (including phenoxy) is 2. The van der Waals surface area contributed by atoms with Crippen molar-refractivity contribution >= 4 is 5.97 Å². The number of aliphatic hydroxyl groups excluding tert-OH is 5. The van der Waals surface area contributed by atoms with Gasteiger partial charge in [0.05, 0.1) is 42.7 Å². The molecule has 0 amide bonds. The molecule has 0 spiro atoms. The molecule has 0 unspecified atom stereocenters. The van der Waals surface area contributed by atoms with Gasteiger partial charge in [0.2, 0.25) is 0 Å². The van der Waals surface area contributed by atoms with Gasteiger partial charge in [-0.25, -0.2) is 4.79 Å². The summed E-state index contributed by atoms with van der Waals surface area (Å²) >= 11 is 0. The molecule has 5 N–H and O–H groups in total. The normalized spacial score (nSPS) is 24.0. The maximum Gasteiger partial charge on any atom is 0.334 e. The van der Waals surface area contributed by atoms with Crippen molar-refractivity contribution in [1.82, 2.24) is 0 Å². The monoisotopic (exact) mass is 612 g/mol. The lowest BCUT2D eigenvalue weighted by Crippen LogP contribution is -2.33. The van der Waals surface area contributed by atoms with Crippen molar-refractivity contribution in [2.24, 2.45) is 0 Å². The second kappa shape index (κ2) is 22.5. The van der Waals surface area contributed by atoms with E-state index in [-0.39, 0.29) is 37.1 Å². The molecule has 1 fully saturated rings. The maximum absolute atomic E-state index is 11.7. The first-order valence-electron chi connectivity index (χ1n) is 17.7. The first kappa shape index (κ1) is 38.2. The summed E-state index contributed by atoms with van der Waals surface area (Å²) in [5, 5.41) is 52.1. The number of hydrogen-bond donors (Lipinski definition) is 5. The molecular formula is C35H64O8. The molecule has 8 heteroatoms. The van der Waals surface area contributed by atoms with Gasteiger partial charge in [0.25, 0.3) is 0 Å². The molecule has 252 valence electrons. The number of hydrogen-bond acceptors (Lipinski definition) is 8. The zero-order valence-electron chi connectivity index (χ0n) is 27.2. The van der Waals surface area contributed by atoms with Crippen LogP contribution < -0.4 is 0 Å². The Morgan fingerprint density at radius 3 is 1.79 bits per heavy atom. The van der Waals surface area contributed by atoms with Crippen LogP contribution in [0, 0.1) is 0 Å². The molecule has 0 saturated carbocycles. The number of cyclic esters (lactones) is 1. The van der Waals surface area contributed by atoms with Crippen molar-refractivity contribution in [1.29, 1.82) is 0 Å². The number of unbranched alkanes of at least 4 members (excludes halogenated alkanes) is 11. The Morgan fingerprint density at radius 2 is 1.19 bits per heavy atom. The lowest BCUT2D eigenvalue weighted by molar-refractivity contribution is -0.139. The average Bonchev–Trinajstić information content (AvgIpc) is 3.59. The summed E-state index contributed by atoms with van der Waals surface area (Å²) in [5.41, 5.74) is 0.509. The fourth-order valence-electron chi connectivity index (χ4n) is 6.43. The summed E-state index contributed by atoms with van der Waals surface area (Å²) in [6, 6.07) is 0. The van der Waals surface area contributed by atoms with Gasteiger partial charge in [0.1, 0.15) is 6.10 Å². The first-order valence-corrected chi connectivity index (χ1v) is 17.7. The number of aliphatic hydroxyl groups is 5. The Kier molecular flexibility index (Phi) is 19.9. The number of carbonyl (C=O) groups is 1. The van der Waals surface area contributed by atoms with Crippen molar-refractivity contribution < 1.29 is 39.8 Å². The number of carbonyl (C=O) groups excluding carboxylic acids is 1. The van der Waals surface area contributed by atoms with Crippen molar-refractivity contribution in [3.63, 3.8) is 0 Å². The van der Waals surface area contributed by atoms with Crippen molar-refractivity contribution in [2.75, 3.05) is 0 Å². The molecular weight excluding hydrogens is 548 g/mol. The fourth-order valence-corrected chi connectivity index (χ4v) is 6.43. The molecule has 2 aliphatic rings. The van der Waals surface area contributed by atoms with Crippen LogP contribution >= 0.6 is 0 Å². The Bertz CT molecular complexity index is 758. The fraction of sp³-hybridized carbons (Fsp3) is 0.914. The lowest BCUT2D eigenvalue weighted by Gasteiger charge is -2.23. The third-order valence-corrected chi connectivity index (χ3v) is 9.16. The molecule has 1 saturated heterocycles. The van der Waals surface area contributed by atoms with Crippen LogP contribution in [0.4, 0.5) is 0 Å². The molecule has 8 atom stereocenters. The predicted octanol–water partition coefficient (Wildman–Crippen LogP) is 6.03. The molecule has 2 heterocycles. The zero-order chi connectivity index (χ0) is 31.5. The highest BCUT2D eigenvalue weighted by Crippen LogP contribution is 2.29. The van der Waals surface area contributed by atoms with Gasteiger partial charge in [-0.15, -0.1) is 0 Å². The summed E-state index contributed by atoms with van der Waals surface area (Å²) < 4.78 is 11.0. The number of esters is 1. The van der Waals surface area contributed by atoms with Crippen LogP contribution in [0.15, 0.2) is 11.6 Å². The van der Waals surface area contributed by atoms with Crippen molar-refractivity contribution in [3.8, 4) is 0 Å². The summed E-state index contributed by atoms with van der Waals surface area (Å²) in [6.07, 6.45) is 18.0. The van der Waals surface area contributed by atoms with E-state index in [9.17, 15) is 30.3 Å². The molecule has 0 aromatic rings. The minimum absolute atomic E-state index is 0.220. The van der Waals surface area contributed by atoms with Gasteiger partial charge in [0, 0.05) is 18.4 Å². The third kappa shape index (κ3) is 16.7. The Labute approximate surface area is 261 Å². The minimum Gasteiger partial charge on any atom is -0.455 e. The maximum atomic E-state index is 11.7. The molecule has 0 aromatic carbocycles. The standard InChI is InChI=1S/C35H64O8/c1-3-4-5-6-7-8-9-10-11-15-18-31(39)33-21-22-34(43-33)32(40)25-29(37)17-14-12-13-16-28(36)19-20-30(38)24-27-23-26(2)42-35(27)41/h23,26,28-34,36-40H,3-22,24-25H2,1-2H3/t26-,28+,29-,30-,31-,32-,33-,34-/m0/s1. The average molecular weight is 613 g/mol. The second-order valence-corrected chi connectivity index (χ2v) is 13.3. The summed E-state index contributed by atoms with van der Waals surface area (Å²) in [7, 11) is 0. The molecule has 43 heavy (non-hydrogen) atoms. The third-order valence-electron chi connectivity index (χ3n) is 9.16. The topological polar surface area (TPSA) is 137 Å². The smallest absolute Gasteiger partial charge is 0.334 e. The van der Waals surface area contributed by atoms with E-state index >= 15 is 0 Å². The van der Waals surface area contributed by atoms with Crippen LogP contribution in [0.1, 0.15) is 155 Å². The largest absolute Gasteiger partial charge is 0.455 e. The summed E-state index contributed by atoms with van der Waals surface area (Å²) in [5.74, 6) is -0.365. The van der Waals surface area contributed by atoms with E-state index in [2.05, 4.69) is 6.92 Å². The van der Waals surface area contributed by atoms with Gasteiger partial charge in [-0.05, 0) is 57.9 Å². The van der Waals surface area contributed by atoms with E-state index in [0.29, 0.717) is 37.7 Å². The van der Waals surface area contributed by atoms with E-state index in [4.69, 9.17) is 9.47 Å². The summed E-state index contributed by atoms with van der Waals surface area (Å²) in [6.45, 7) is 4.03. The molecule has 0 aromatic heterocycles. The molecule has 0 bridgehead atoms. The van der Waals surface area contributed by atoms with E-state index in [1.54, 1.807) is 13.0 Å². The van der Waals surface area contributed by atoms with Gasteiger partial charge in [0.15, 0.2) is 0 Å². The Morgan fingerprint density at radius 1 is 0.674 bits per heavy atom. The van der Waals surface area contributed by atoms with E-state index < -0.39 is 30.5 Å². The Balaban J connectivity index is 1.45. The lowest BCUT2D eigenvalue weighted by atomic mass is 9.98. The van der Waals surface area contributed by atoms with Crippen LogP contribution in [0.2, 0.25) is 0 Å². The van der Waals surface area contributed by atoms with Gasteiger partial charge in [-0.1, -0.05) is 90.4 Å². The van der Waals surface area contributed by atoms with E-state index in [1.165, 1.54) is 51.4 Å².